The summed E-state index contributed by atoms with van der Waals surface area (Å²) >= 11 is 3.09. The third kappa shape index (κ3) is 8.11. The van der Waals surface area contributed by atoms with Crippen molar-refractivity contribution >= 4 is 46.0 Å². The topological polar surface area (TPSA) is 130 Å². The number of rotatable bonds is 4. The lowest BCUT2D eigenvalue weighted by Gasteiger charge is -2.20. The number of nitrogens with zero attached hydrogens (tertiary/aromatic N) is 2. The minimum Gasteiger partial charge on any atom is -0.364 e. The van der Waals surface area contributed by atoms with Gasteiger partial charge in [-0.1, -0.05) is 35.6 Å². The van der Waals surface area contributed by atoms with Gasteiger partial charge in [0.05, 0.1) is 5.69 Å². The van der Waals surface area contributed by atoms with E-state index >= 15 is 0 Å². The zero-order valence-corrected chi connectivity index (χ0v) is 22.9. The van der Waals surface area contributed by atoms with Gasteiger partial charge in [-0.2, -0.15) is 0 Å². The first-order chi connectivity index (χ1) is 17.3. The zero-order chi connectivity index (χ0) is 26.1. The van der Waals surface area contributed by atoms with Gasteiger partial charge in [0, 0.05) is 47.7 Å². The van der Waals surface area contributed by atoms with E-state index in [4.69, 9.17) is 11.5 Å². The van der Waals surface area contributed by atoms with Crippen LogP contribution in [0.5, 0.6) is 0 Å². The van der Waals surface area contributed by atoms with Crippen molar-refractivity contribution in [2.24, 2.45) is 11.5 Å². The molecule has 1 fully saturated rings. The maximum Gasteiger partial charge on any atom is 0.277 e. The molecule has 0 radical (unpaired) electrons. The van der Waals surface area contributed by atoms with Crippen molar-refractivity contribution in [3.63, 3.8) is 0 Å². The van der Waals surface area contributed by atoms with Crippen molar-refractivity contribution in [3.8, 4) is 0 Å². The summed E-state index contributed by atoms with van der Waals surface area (Å²) in [5, 5.41) is 1.47. The number of amides is 2. The number of benzene rings is 1. The summed E-state index contributed by atoms with van der Waals surface area (Å²) in [7, 11) is 2.06. The van der Waals surface area contributed by atoms with Gasteiger partial charge in [-0.05, 0) is 57.9 Å². The molecule has 2 aliphatic rings. The molecule has 1 aromatic carbocycles. The number of thiazole rings is 1. The molecule has 5 rings (SSSR count). The van der Waals surface area contributed by atoms with Gasteiger partial charge in [0.2, 0.25) is 0 Å². The number of aromatic nitrogens is 2. The van der Waals surface area contributed by atoms with E-state index in [2.05, 4.69) is 39.1 Å². The molecule has 0 saturated heterocycles. The van der Waals surface area contributed by atoms with Crippen LogP contribution in [0, 0.1) is 6.92 Å². The van der Waals surface area contributed by atoms with Crippen molar-refractivity contribution < 1.29 is 9.59 Å². The van der Waals surface area contributed by atoms with Crippen LogP contribution in [0.2, 0.25) is 0 Å². The fourth-order valence-electron chi connectivity index (χ4n) is 4.11. The third-order valence-corrected chi connectivity index (χ3v) is 7.50. The molecule has 1 aliphatic heterocycles. The third-order valence-electron chi connectivity index (χ3n) is 6.05. The number of aryl methyl sites for hydroxylation is 1. The van der Waals surface area contributed by atoms with Crippen LogP contribution in [0.25, 0.3) is 10.9 Å². The number of H-pyrrole nitrogens is 1. The number of nitrogens with one attached hydrogen (secondary N) is 2. The molecule has 3 aromatic rings. The highest BCUT2D eigenvalue weighted by atomic mass is 32.2. The lowest BCUT2D eigenvalue weighted by molar-refractivity contribution is 0.0989. The largest absolute Gasteiger partial charge is 0.364 e. The second-order valence-electron chi connectivity index (χ2n) is 9.06. The van der Waals surface area contributed by atoms with Crippen LogP contribution in [0.1, 0.15) is 68.5 Å². The number of carbonyl (C=O) groups is 2. The van der Waals surface area contributed by atoms with Gasteiger partial charge in [0.25, 0.3) is 11.8 Å². The van der Waals surface area contributed by atoms with E-state index in [1.807, 2.05) is 25.1 Å². The van der Waals surface area contributed by atoms with Crippen LogP contribution >= 0.6 is 23.3 Å². The van der Waals surface area contributed by atoms with E-state index in [1.54, 1.807) is 23.6 Å². The second-order valence-corrected chi connectivity index (χ2v) is 10.8. The first kappa shape index (κ1) is 27.8. The highest BCUT2D eigenvalue weighted by Gasteiger charge is 2.19. The number of nitrogens with two attached hydrogens (primary N) is 2. The Hall–Kier alpha value is -2.82. The number of aromatic amines is 1. The molecule has 10 heteroatoms. The van der Waals surface area contributed by atoms with E-state index < -0.39 is 11.8 Å². The minimum absolute atomic E-state index is 0.415. The first-order valence-electron chi connectivity index (χ1n) is 12.1. The van der Waals surface area contributed by atoms with Crippen molar-refractivity contribution in [3.05, 3.63) is 62.9 Å². The molecular weight excluding hydrogens is 492 g/mol. The van der Waals surface area contributed by atoms with E-state index in [0.29, 0.717) is 10.7 Å². The van der Waals surface area contributed by atoms with Crippen molar-refractivity contribution in [2.75, 3.05) is 19.8 Å². The Morgan fingerprint density at radius 1 is 1.14 bits per heavy atom. The number of primary amides is 2. The maximum atomic E-state index is 10.9. The quantitative estimate of drug-likeness (QED) is 0.369. The number of fused-ring (bicyclic) bond motifs is 2. The van der Waals surface area contributed by atoms with E-state index in [0.717, 1.165) is 36.1 Å². The number of likely N-dealkylation sites (N-methyl/N-ethyl adjacent to an activating group) is 1. The van der Waals surface area contributed by atoms with Gasteiger partial charge in [0.1, 0.15) is 5.69 Å². The Morgan fingerprint density at radius 2 is 1.89 bits per heavy atom. The Morgan fingerprint density at radius 3 is 2.56 bits per heavy atom. The average molecular weight is 529 g/mol. The average Bonchev–Trinajstić information content (AvgIpc) is 3.48. The molecular formula is C26H36N6O2S2. The fourth-order valence-corrected chi connectivity index (χ4v) is 5.43. The Bertz CT molecular complexity index is 1210. The van der Waals surface area contributed by atoms with Crippen molar-refractivity contribution in [2.45, 2.75) is 52.0 Å². The van der Waals surface area contributed by atoms with Gasteiger partial charge in [-0.3, -0.25) is 9.59 Å². The summed E-state index contributed by atoms with van der Waals surface area (Å²) in [6, 6.07) is 7.71. The number of hydrogen-bond acceptors (Lipinski definition) is 7. The van der Waals surface area contributed by atoms with Crippen LogP contribution in [0.15, 0.2) is 36.0 Å². The molecule has 0 spiro atoms. The monoisotopic (exact) mass is 528 g/mol. The molecule has 36 heavy (non-hydrogen) atoms. The molecule has 2 amide bonds. The summed E-state index contributed by atoms with van der Waals surface area (Å²) in [6.45, 7) is 3.91. The summed E-state index contributed by atoms with van der Waals surface area (Å²) in [4.78, 5) is 32.2. The molecule has 8 nitrogen and oxygen atoms in total. The van der Waals surface area contributed by atoms with Crippen molar-refractivity contribution in [1.29, 1.82) is 0 Å². The fraction of sp³-hybridized carbons (Fsp3) is 0.423. The normalized spacial score (nSPS) is 15.1. The summed E-state index contributed by atoms with van der Waals surface area (Å²) in [5.74, 6) is -0.837. The molecule has 0 unspecified atom stereocenters. The number of hydrogen-bond donors (Lipinski definition) is 4. The standard InChI is InChI=1S/C10H10N2O.C8H11N3OS.C8H15NS/c1-6-2-3-8-7(4-6)5-9(12-8)10(11)13;1-11-3-2-5-6(4-11)13-8(10-5)7(9)12;1-10-9-7-8-5-3-2-4-6-8/h2-5,12H,1H3,(H2,11,13);2-4H2,1H3,(H2,9,12);7,9H,2-6H2,1H3. The minimum atomic E-state index is -0.422. The molecule has 0 bridgehead atoms. The second kappa shape index (κ2) is 13.5. The van der Waals surface area contributed by atoms with Crippen LogP contribution < -0.4 is 16.2 Å². The Balaban J connectivity index is 0.000000152. The van der Waals surface area contributed by atoms with Gasteiger partial charge >= 0.3 is 0 Å². The number of allylic oxidation sites excluding steroid dienone is 1. The summed E-state index contributed by atoms with van der Waals surface area (Å²) in [5.41, 5.74) is 15.5. The first-order valence-corrected chi connectivity index (χ1v) is 14.1. The van der Waals surface area contributed by atoms with Crippen LogP contribution in [0.4, 0.5) is 0 Å². The van der Waals surface area contributed by atoms with Crippen LogP contribution in [-0.2, 0) is 13.0 Å². The molecule has 1 saturated carbocycles. The molecule has 1 aliphatic carbocycles. The van der Waals surface area contributed by atoms with Crippen LogP contribution in [0.3, 0.4) is 0 Å². The summed E-state index contributed by atoms with van der Waals surface area (Å²) < 4.78 is 3.17. The highest BCUT2D eigenvalue weighted by Crippen LogP contribution is 2.24. The SMILES string of the molecule is CN1CCc2nc(C(N)=O)sc2C1.CSNC=C1CCCCC1.Cc1ccc2[nH]c(C(N)=O)cc2c1. The van der Waals surface area contributed by atoms with Crippen molar-refractivity contribution in [1.82, 2.24) is 19.6 Å². The molecule has 2 aromatic heterocycles. The van der Waals surface area contributed by atoms with E-state index in [9.17, 15) is 9.59 Å². The highest BCUT2D eigenvalue weighted by molar-refractivity contribution is 7.96. The Kier molecular flexibility index (Phi) is 10.4. The number of carbonyl (C=O) groups excluding carboxylic acids is 2. The van der Waals surface area contributed by atoms with E-state index in [-0.39, 0.29) is 0 Å². The Labute approximate surface area is 221 Å². The van der Waals surface area contributed by atoms with Gasteiger partial charge in [0.15, 0.2) is 5.01 Å². The lowest BCUT2D eigenvalue weighted by atomic mass is 9.96. The van der Waals surface area contributed by atoms with Crippen LogP contribution in [-0.4, -0.2) is 46.5 Å². The molecule has 0 atom stereocenters. The summed E-state index contributed by atoms with van der Waals surface area (Å²) in [6.07, 6.45) is 12.0. The predicted molar refractivity (Wildman–Crippen MR) is 150 cm³/mol. The van der Waals surface area contributed by atoms with Gasteiger partial charge in [-0.25, -0.2) is 4.98 Å². The smallest absolute Gasteiger partial charge is 0.277 e. The lowest BCUT2D eigenvalue weighted by Crippen LogP contribution is -2.25. The predicted octanol–water partition coefficient (Wildman–Crippen LogP) is 4.51. The van der Waals surface area contributed by atoms with Gasteiger partial charge < -0.3 is 26.1 Å². The molecule has 6 N–H and O–H groups in total. The maximum absolute atomic E-state index is 10.9. The molecule has 3 heterocycles. The van der Waals surface area contributed by atoms with Gasteiger partial charge in [-0.15, -0.1) is 11.3 Å². The molecule has 194 valence electrons. The van der Waals surface area contributed by atoms with E-state index in [1.165, 1.54) is 53.9 Å². The zero-order valence-electron chi connectivity index (χ0n) is 21.2.